The number of anilines is 3. The van der Waals surface area contributed by atoms with Crippen molar-refractivity contribution in [1.29, 1.82) is 0 Å². The number of amides is 1. The molecule has 1 amide bonds. The Labute approximate surface area is 151 Å². The van der Waals surface area contributed by atoms with E-state index in [0.29, 0.717) is 5.69 Å². The number of thiazole rings is 1. The number of nitrogens with one attached hydrogen (secondary N) is 1. The Morgan fingerprint density at radius 2 is 2.04 bits per heavy atom. The molecular weight excluding hydrogens is 330 g/mol. The summed E-state index contributed by atoms with van der Waals surface area (Å²) in [4.78, 5) is 19.2. The Bertz CT molecular complexity index is 948. The molecule has 3 aromatic rings. The first-order valence-electron chi connectivity index (χ1n) is 8.31. The minimum absolute atomic E-state index is 0.0325. The van der Waals surface area contributed by atoms with Crippen LogP contribution in [0.25, 0.3) is 0 Å². The monoisotopic (exact) mass is 349 g/mol. The first-order valence-corrected chi connectivity index (χ1v) is 9.19. The lowest BCUT2D eigenvalue weighted by Gasteiger charge is -2.15. The molecule has 0 aliphatic carbocycles. The molecule has 126 valence electrons. The van der Waals surface area contributed by atoms with Crippen LogP contribution in [0.3, 0.4) is 0 Å². The number of para-hydroxylation sites is 1. The Balaban J connectivity index is 1.54. The van der Waals surface area contributed by atoms with Gasteiger partial charge in [0, 0.05) is 23.3 Å². The molecule has 0 saturated heterocycles. The molecule has 1 aromatic heterocycles. The Hall–Kier alpha value is -2.66. The van der Waals surface area contributed by atoms with Crippen LogP contribution in [0.15, 0.2) is 47.8 Å². The Kier molecular flexibility index (Phi) is 4.01. The van der Waals surface area contributed by atoms with Gasteiger partial charge in [0.05, 0.1) is 0 Å². The van der Waals surface area contributed by atoms with Gasteiger partial charge >= 0.3 is 0 Å². The van der Waals surface area contributed by atoms with Gasteiger partial charge in [0.1, 0.15) is 5.69 Å². The molecule has 1 N–H and O–H groups in total. The first kappa shape index (κ1) is 15.8. The molecule has 0 bridgehead atoms. The molecule has 0 fully saturated rings. The minimum atomic E-state index is -0.0325. The second-order valence-electron chi connectivity index (χ2n) is 6.32. The van der Waals surface area contributed by atoms with Gasteiger partial charge in [-0.25, -0.2) is 4.98 Å². The van der Waals surface area contributed by atoms with Crippen molar-refractivity contribution in [2.24, 2.45) is 0 Å². The molecule has 0 unspecified atom stereocenters. The maximum atomic E-state index is 12.8. The summed E-state index contributed by atoms with van der Waals surface area (Å²) in [5, 5.41) is 5.89. The Morgan fingerprint density at radius 1 is 1.20 bits per heavy atom. The van der Waals surface area contributed by atoms with Crippen molar-refractivity contribution in [3.8, 4) is 0 Å². The number of carbonyl (C=O) groups excluding carboxylic acids is 1. The van der Waals surface area contributed by atoms with Gasteiger partial charge in [-0.15, -0.1) is 11.3 Å². The van der Waals surface area contributed by atoms with Gasteiger partial charge in [-0.2, -0.15) is 0 Å². The fourth-order valence-electron chi connectivity index (χ4n) is 3.19. The molecular formula is C20H19N3OS. The number of aryl methyl sites for hydroxylation is 2. The quantitative estimate of drug-likeness (QED) is 0.745. The van der Waals surface area contributed by atoms with E-state index in [2.05, 4.69) is 42.3 Å². The van der Waals surface area contributed by atoms with E-state index in [1.165, 1.54) is 22.5 Å². The lowest BCUT2D eigenvalue weighted by molar-refractivity contribution is 0.0985. The molecule has 0 atom stereocenters. The smallest absolute Gasteiger partial charge is 0.277 e. The van der Waals surface area contributed by atoms with Gasteiger partial charge in [-0.1, -0.05) is 35.9 Å². The van der Waals surface area contributed by atoms with Crippen LogP contribution in [0.5, 0.6) is 0 Å². The highest BCUT2D eigenvalue weighted by Gasteiger charge is 2.26. The zero-order chi connectivity index (χ0) is 17.4. The average molecular weight is 349 g/mol. The summed E-state index contributed by atoms with van der Waals surface area (Å²) >= 11 is 1.46. The number of aromatic nitrogens is 1. The first-order chi connectivity index (χ1) is 12.1. The van der Waals surface area contributed by atoms with Gasteiger partial charge in [0.15, 0.2) is 5.13 Å². The van der Waals surface area contributed by atoms with Crippen LogP contribution in [0.1, 0.15) is 27.2 Å². The van der Waals surface area contributed by atoms with E-state index in [1.54, 1.807) is 0 Å². The third kappa shape index (κ3) is 3.03. The highest BCUT2D eigenvalue weighted by molar-refractivity contribution is 7.14. The molecule has 0 saturated carbocycles. The van der Waals surface area contributed by atoms with Crippen molar-refractivity contribution < 1.29 is 4.79 Å². The Morgan fingerprint density at radius 3 is 2.88 bits per heavy atom. The molecule has 2 heterocycles. The number of carbonyl (C=O) groups is 1. The van der Waals surface area contributed by atoms with Gasteiger partial charge in [-0.3, -0.25) is 4.79 Å². The fourth-order valence-corrected chi connectivity index (χ4v) is 3.88. The number of benzene rings is 2. The third-order valence-electron chi connectivity index (χ3n) is 4.48. The second kappa shape index (κ2) is 6.33. The van der Waals surface area contributed by atoms with Crippen LogP contribution in [0.4, 0.5) is 16.5 Å². The number of fused-ring (bicyclic) bond motifs is 1. The number of rotatable bonds is 3. The van der Waals surface area contributed by atoms with Gasteiger partial charge in [0.25, 0.3) is 5.91 Å². The number of nitrogens with zero attached hydrogens (tertiary/aromatic N) is 2. The standard InChI is InChI=1S/C20H19N3OS/c1-13-7-8-16(14(2)11-13)21-20-22-17(12-25-20)19(24)23-10-9-15-5-3-4-6-18(15)23/h3-8,11-12H,9-10H2,1-2H3,(H,21,22). The van der Waals surface area contributed by atoms with Crippen LogP contribution < -0.4 is 10.2 Å². The van der Waals surface area contributed by atoms with Crippen LogP contribution in [0, 0.1) is 13.8 Å². The zero-order valence-electron chi connectivity index (χ0n) is 14.2. The van der Waals surface area contributed by atoms with Crippen molar-refractivity contribution >= 4 is 33.8 Å². The molecule has 4 rings (SSSR count). The molecule has 0 radical (unpaired) electrons. The largest absolute Gasteiger partial charge is 0.331 e. The van der Waals surface area contributed by atoms with E-state index in [4.69, 9.17) is 0 Å². The summed E-state index contributed by atoms with van der Waals surface area (Å²) in [6.07, 6.45) is 0.902. The fraction of sp³-hybridized carbons (Fsp3) is 0.200. The maximum Gasteiger partial charge on any atom is 0.277 e. The number of hydrogen-bond donors (Lipinski definition) is 1. The van der Waals surface area contributed by atoms with Crippen LogP contribution in [-0.2, 0) is 6.42 Å². The zero-order valence-corrected chi connectivity index (χ0v) is 15.1. The van der Waals surface area contributed by atoms with E-state index < -0.39 is 0 Å². The van der Waals surface area contributed by atoms with Gasteiger partial charge in [-0.05, 0) is 43.5 Å². The predicted octanol–water partition coefficient (Wildman–Crippen LogP) is 4.71. The van der Waals surface area contributed by atoms with Crippen LogP contribution in [0.2, 0.25) is 0 Å². The van der Waals surface area contributed by atoms with E-state index >= 15 is 0 Å². The van der Waals surface area contributed by atoms with Gasteiger partial charge in [0.2, 0.25) is 0 Å². The molecule has 0 spiro atoms. The van der Waals surface area contributed by atoms with E-state index in [9.17, 15) is 4.79 Å². The average Bonchev–Trinajstić information content (AvgIpc) is 3.24. The summed E-state index contributed by atoms with van der Waals surface area (Å²) < 4.78 is 0. The van der Waals surface area contributed by atoms with Crippen molar-refractivity contribution in [1.82, 2.24) is 4.98 Å². The lowest BCUT2D eigenvalue weighted by Crippen LogP contribution is -2.29. The SMILES string of the molecule is Cc1ccc(Nc2nc(C(=O)N3CCc4ccccc43)cs2)c(C)c1. The summed E-state index contributed by atoms with van der Waals surface area (Å²) in [5.41, 5.74) is 6.13. The van der Waals surface area contributed by atoms with E-state index in [0.717, 1.165) is 35.0 Å². The van der Waals surface area contributed by atoms with Crippen LogP contribution >= 0.6 is 11.3 Å². The molecule has 1 aliphatic rings. The topological polar surface area (TPSA) is 45.2 Å². The number of hydrogen-bond acceptors (Lipinski definition) is 4. The molecule has 2 aromatic carbocycles. The molecule has 5 heteroatoms. The van der Waals surface area contributed by atoms with E-state index in [1.807, 2.05) is 34.5 Å². The van der Waals surface area contributed by atoms with Crippen molar-refractivity contribution in [3.63, 3.8) is 0 Å². The van der Waals surface area contributed by atoms with E-state index in [-0.39, 0.29) is 5.91 Å². The third-order valence-corrected chi connectivity index (χ3v) is 5.24. The molecule has 4 nitrogen and oxygen atoms in total. The van der Waals surface area contributed by atoms with Crippen molar-refractivity contribution in [2.45, 2.75) is 20.3 Å². The summed E-state index contributed by atoms with van der Waals surface area (Å²) in [6, 6.07) is 14.3. The highest BCUT2D eigenvalue weighted by Crippen LogP contribution is 2.30. The van der Waals surface area contributed by atoms with Crippen molar-refractivity contribution in [3.05, 3.63) is 70.2 Å². The maximum absolute atomic E-state index is 12.8. The summed E-state index contributed by atoms with van der Waals surface area (Å²) in [5.74, 6) is -0.0325. The second-order valence-corrected chi connectivity index (χ2v) is 7.17. The minimum Gasteiger partial charge on any atom is -0.331 e. The van der Waals surface area contributed by atoms with Gasteiger partial charge < -0.3 is 10.2 Å². The lowest BCUT2D eigenvalue weighted by atomic mass is 10.1. The molecule has 25 heavy (non-hydrogen) atoms. The predicted molar refractivity (Wildman–Crippen MR) is 103 cm³/mol. The normalized spacial score (nSPS) is 13.0. The summed E-state index contributed by atoms with van der Waals surface area (Å²) in [7, 11) is 0. The molecule has 1 aliphatic heterocycles. The summed E-state index contributed by atoms with van der Waals surface area (Å²) in [6.45, 7) is 4.86. The van der Waals surface area contributed by atoms with Crippen molar-refractivity contribution in [2.75, 3.05) is 16.8 Å². The van der Waals surface area contributed by atoms with Crippen LogP contribution in [-0.4, -0.2) is 17.4 Å². The highest BCUT2D eigenvalue weighted by atomic mass is 32.1.